The molecular formula is C15H20N4O3. The Bertz CT molecular complexity index is 620. The lowest BCUT2D eigenvalue weighted by Crippen LogP contribution is -2.40. The Morgan fingerprint density at radius 3 is 2.68 bits per heavy atom. The predicted molar refractivity (Wildman–Crippen MR) is 83.6 cm³/mol. The quantitative estimate of drug-likeness (QED) is 0.520. The minimum atomic E-state index is -1.07. The molecule has 7 heteroatoms. The zero-order valence-electron chi connectivity index (χ0n) is 12.1. The van der Waals surface area contributed by atoms with Gasteiger partial charge in [0.25, 0.3) is 0 Å². The Hall–Kier alpha value is -2.54. The number of aromatic nitrogens is 1. The van der Waals surface area contributed by atoms with Crippen molar-refractivity contribution >= 4 is 22.9 Å². The van der Waals surface area contributed by atoms with Gasteiger partial charge in [-0.2, -0.15) is 0 Å². The largest absolute Gasteiger partial charge is 0.480 e. The first-order valence-corrected chi connectivity index (χ1v) is 7.13. The van der Waals surface area contributed by atoms with Crippen LogP contribution in [0.2, 0.25) is 0 Å². The first-order chi connectivity index (χ1) is 10.6. The van der Waals surface area contributed by atoms with Gasteiger partial charge in [-0.3, -0.25) is 4.79 Å². The maximum absolute atomic E-state index is 11.5. The fraction of sp³-hybridized carbons (Fsp3) is 0.333. The molecule has 0 aliphatic carbocycles. The van der Waals surface area contributed by atoms with Gasteiger partial charge in [0.05, 0.1) is 0 Å². The number of carbonyl (C=O) groups is 2. The number of carboxylic acids is 1. The number of benzene rings is 1. The number of carbonyl (C=O) groups excluding carboxylic acids is 1. The van der Waals surface area contributed by atoms with Crippen LogP contribution < -0.4 is 16.4 Å². The predicted octanol–water partition coefficient (Wildman–Crippen LogP) is 0.812. The highest BCUT2D eigenvalue weighted by atomic mass is 16.4. The van der Waals surface area contributed by atoms with Gasteiger partial charge >= 0.3 is 12.0 Å². The van der Waals surface area contributed by atoms with Crippen molar-refractivity contribution in [3.8, 4) is 0 Å². The number of hydrogen-bond donors (Lipinski definition) is 5. The first-order valence-electron chi connectivity index (χ1n) is 7.13. The molecule has 118 valence electrons. The first kappa shape index (κ1) is 15.8. The van der Waals surface area contributed by atoms with Crippen molar-refractivity contribution in [1.29, 1.82) is 0 Å². The third-order valence-corrected chi connectivity index (χ3v) is 3.32. The van der Waals surface area contributed by atoms with Gasteiger partial charge in [0.2, 0.25) is 0 Å². The Morgan fingerprint density at radius 1 is 1.23 bits per heavy atom. The second-order valence-corrected chi connectivity index (χ2v) is 5.05. The zero-order valence-corrected chi connectivity index (χ0v) is 12.1. The molecule has 0 saturated carbocycles. The van der Waals surface area contributed by atoms with E-state index in [-0.39, 0.29) is 19.0 Å². The Kier molecular flexibility index (Phi) is 5.37. The molecule has 0 radical (unpaired) electrons. The number of carboxylic acid groups (broad SMARTS) is 1. The number of urea groups is 1. The second-order valence-electron chi connectivity index (χ2n) is 5.05. The molecule has 0 saturated heterocycles. The van der Waals surface area contributed by atoms with Gasteiger partial charge in [-0.15, -0.1) is 0 Å². The van der Waals surface area contributed by atoms with E-state index < -0.39 is 12.0 Å². The van der Waals surface area contributed by atoms with Crippen LogP contribution in [0, 0.1) is 0 Å². The number of rotatable bonds is 7. The van der Waals surface area contributed by atoms with E-state index in [0.29, 0.717) is 13.0 Å². The molecule has 7 nitrogen and oxygen atoms in total. The maximum atomic E-state index is 11.5. The lowest BCUT2D eigenvalue weighted by molar-refractivity contribution is -0.138. The third kappa shape index (κ3) is 4.49. The van der Waals surface area contributed by atoms with Gasteiger partial charge in [-0.25, -0.2) is 4.79 Å². The normalized spacial score (nSPS) is 12.0. The van der Waals surface area contributed by atoms with Crippen molar-refractivity contribution in [3.05, 3.63) is 36.0 Å². The number of nitrogens with two attached hydrogens (primary N) is 1. The number of hydrogen-bond acceptors (Lipinski definition) is 3. The summed E-state index contributed by atoms with van der Waals surface area (Å²) >= 11 is 0. The summed E-state index contributed by atoms with van der Waals surface area (Å²) < 4.78 is 0. The van der Waals surface area contributed by atoms with E-state index in [1.807, 2.05) is 24.3 Å². The lowest BCUT2D eigenvalue weighted by atomic mass is 10.2. The Morgan fingerprint density at radius 2 is 1.95 bits per heavy atom. The molecule has 6 N–H and O–H groups in total. The number of aromatic amines is 1. The molecule has 2 aromatic rings. The molecule has 2 rings (SSSR count). The maximum Gasteiger partial charge on any atom is 0.320 e. The number of H-pyrrole nitrogens is 1. The van der Waals surface area contributed by atoms with Gasteiger partial charge in [-0.05, 0) is 23.9 Å². The fourth-order valence-corrected chi connectivity index (χ4v) is 2.11. The van der Waals surface area contributed by atoms with Crippen LogP contribution in [0.4, 0.5) is 4.79 Å². The summed E-state index contributed by atoms with van der Waals surface area (Å²) in [7, 11) is 0. The van der Waals surface area contributed by atoms with Crippen LogP contribution in [0.5, 0.6) is 0 Å². The van der Waals surface area contributed by atoms with Gasteiger partial charge in [0.15, 0.2) is 0 Å². The SMILES string of the molecule is N[C@@H](CCNC(=O)NCCc1cc2ccccc2[nH]1)C(=O)O. The lowest BCUT2D eigenvalue weighted by Gasteiger charge is -2.09. The van der Waals surface area contributed by atoms with Gasteiger partial charge in [0, 0.05) is 30.7 Å². The topological polar surface area (TPSA) is 120 Å². The highest BCUT2D eigenvalue weighted by molar-refractivity contribution is 5.80. The summed E-state index contributed by atoms with van der Waals surface area (Å²) in [6.07, 6.45) is 0.890. The van der Waals surface area contributed by atoms with Crippen LogP contribution in [-0.4, -0.2) is 41.2 Å². The number of fused-ring (bicyclic) bond motifs is 1. The molecule has 0 aliphatic heterocycles. The summed E-state index contributed by atoms with van der Waals surface area (Å²) in [5.74, 6) is -1.07. The molecule has 2 amide bonds. The molecule has 0 spiro atoms. The molecule has 0 unspecified atom stereocenters. The van der Waals surface area contributed by atoms with E-state index >= 15 is 0 Å². The van der Waals surface area contributed by atoms with Crippen LogP contribution in [0.15, 0.2) is 30.3 Å². The number of nitrogens with one attached hydrogen (secondary N) is 3. The highest BCUT2D eigenvalue weighted by Crippen LogP contribution is 2.14. The smallest absolute Gasteiger partial charge is 0.320 e. The zero-order chi connectivity index (χ0) is 15.9. The molecule has 1 aromatic heterocycles. The Labute approximate surface area is 127 Å². The van der Waals surface area contributed by atoms with Crippen molar-refractivity contribution in [2.45, 2.75) is 18.9 Å². The second kappa shape index (κ2) is 7.46. The monoisotopic (exact) mass is 304 g/mol. The van der Waals surface area contributed by atoms with Crippen LogP contribution in [0.3, 0.4) is 0 Å². The van der Waals surface area contributed by atoms with Gasteiger partial charge < -0.3 is 26.5 Å². The van der Waals surface area contributed by atoms with Crippen LogP contribution in [-0.2, 0) is 11.2 Å². The summed E-state index contributed by atoms with van der Waals surface area (Å²) in [5.41, 5.74) is 7.46. The summed E-state index contributed by atoms with van der Waals surface area (Å²) in [6.45, 7) is 0.718. The van der Waals surface area contributed by atoms with E-state index in [1.165, 1.54) is 0 Å². The van der Waals surface area contributed by atoms with Crippen LogP contribution >= 0.6 is 0 Å². The standard InChI is InChI=1S/C15H20N4O3/c16-12(14(20)21)6-8-18-15(22)17-7-5-11-9-10-3-1-2-4-13(10)19-11/h1-4,9,12,19H,5-8,16H2,(H,20,21)(H2,17,18,22)/t12-/m0/s1. The molecule has 1 atom stereocenters. The summed E-state index contributed by atoms with van der Waals surface area (Å²) in [4.78, 5) is 25.3. The molecule has 0 fully saturated rings. The minimum absolute atomic E-state index is 0.199. The van der Waals surface area contributed by atoms with E-state index in [4.69, 9.17) is 10.8 Å². The minimum Gasteiger partial charge on any atom is -0.480 e. The van der Waals surface area contributed by atoms with Crippen molar-refractivity contribution < 1.29 is 14.7 Å². The van der Waals surface area contributed by atoms with Crippen LogP contribution in [0.25, 0.3) is 10.9 Å². The van der Waals surface area contributed by atoms with E-state index in [2.05, 4.69) is 21.7 Å². The molecule has 1 heterocycles. The average Bonchev–Trinajstić information content (AvgIpc) is 2.89. The van der Waals surface area contributed by atoms with Crippen LogP contribution in [0.1, 0.15) is 12.1 Å². The highest BCUT2D eigenvalue weighted by Gasteiger charge is 2.11. The average molecular weight is 304 g/mol. The number of amides is 2. The van der Waals surface area contributed by atoms with Crippen molar-refractivity contribution in [2.75, 3.05) is 13.1 Å². The van der Waals surface area contributed by atoms with E-state index in [0.717, 1.165) is 16.6 Å². The molecule has 0 bridgehead atoms. The molecule has 0 aliphatic rings. The Balaban J connectivity index is 1.67. The summed E-state index contributed by atoms with van der Waals surface area (Å²) in [5, 5.41) is 15.1. The van der Waals surface area contributed by atoms with E-state index in [9.17, 15) is 9.59 Å². The van der Waals surface area contributed by atoms with E-state index in [1.54, 1.807) is 0 Å². The van der Waals surface area contributed by atoms with Crippen molar-refractivity contribution in [2.24, 2.45) is 5.73 Å². The van der Waals surface area contributed by atoms with Crippen molar-refractivity contribution in [3.63, 3.8) is 0 Å². The van der Waals surface area contributed by atoms with Gasteiger partial charge in [-0.1, -0.05) is 18.2 Å². The summed E-state index contributed by atoms with van der Waals surface area (Å²) in [6, 6.07) is 8.76. The fourth-order valence-electron chi connectivity index (χ4n) is 2.11. The molecule has 22 heavy (non-hydrogen) atoms. The number of para-hydroxylation sites is 1. The molecule has 1 aromatic carbocycles. The van der Waals surface area contributed by atoms with Gasteiger partial charge in [0.1, 0.15) is 6.04 Å². The van der Waals surface area contributed by atoms with Crippen molar-refractivity contribution in [1.82, 2.24) is 15.6 Å². The number of aliphatic carboxylic acids is 1. The third-order valence-electron chi connectivity index (χ3n) is 3.32. The molecular weight excluding hydrogens is 284 g/mol.